The van der Waals surface area contributed by atoms with Crippen LogP contribution in [0.2, 0.25) is 0 Å². The molecule has 1 saturated heterocycles. The lowest BCUT2D eigenvalue weighted by Gasteiger charge is -2.18. The summed E-state index contributed by atoms with van der Waals surface area (Å²) in [4.78, 5) is 15.5. The fourth-order valence-corrected chi connectivity index (χ4v) is 1.79. The second-order valence-corrected chi connectivity index (χ2v) is 4.06. The molecule has 1 fully saturated rings. The molecule has 0 atom stereocenters. The Morgan fingerprint density at radius 3 is 2.22 bits per heavy atom. The highest BCUT2D eigenvalue weighted by Crippen LogP contribution is 2.07. The van der Waals surface area contributed by atoms with Crippen molar-refractivity contribution >= 4 is 6.03 Å². The van der Waals surface area contributed by atoms with E-state index in [0.29, 0.717) is 46.1 Å². The number of carbonyl (C=O) groups is 1. The first-order valence-electron chi connectivity index (χ1n) is 6.47. The van der Waals surface area contributed by atoms with E-state index in [4.69, 9.17) is 14.2 Å². The topological polar surface area (TPSA) is 51.2 Å². The van der Waals surface area contributed by atoms with Gasteiger partial charge in [0.15, 0.2) is 0 Å². The van der Waals surface area contributed by atoms with E-state index < -0.39 is 0 Å². The average Bonchev–Trinajstić information content (AvgIpc) is 2.72. The van der Waals surface area contributed by atoms with Gasteiger partial charge in [0.05, 0.1) is 26.4 Å². The summed E-state index contributed by atoms with van der Waals surface area (Å²) in [7, 11) is 1.64. The number of urea groups is 1. The fraction of sp³-hybridized carbons (Fsp3) is 0.917. The van der Waals surface area contributed by atoms with E-state index >= 15 is 0 Å². The van der Waals surface area contributed by atoms with Crippen molar-refractivity contribution in [3.8, 4) is 0 Å². The lowest BCUT2D eigenvalue weighted by molar-refractivity contribution is 0.0473. The third-order valence-electron chi connectivity index (χ3n) is 2.83. The predicted molar refractivity (Wildman–Crippen MR) is 67.7 cm³/mol. The molecule has 0 unspecified atom stereocenters. The molecule has 6 heteroatoms. The molecular weight excluding hydrogens is 236 g/mol. The quantitative estimate of drug-likeness (QED) is 0.534. The zero-order chi connectivity index (χ0) is 13.2. The molecule has 2 amide bonds. The van der Waals surface area contributed by atoms with Gasteiger partial charge in [0.1, 0.15) is 0 Å². The first kappa shape index (κ1) is 15.2. The smallest absolute Gasteiger partial charge is 0.320 e. The maximum Gasteiger partial charge on any atom is 0.320 e. The van der Waals surface area contributed by atoms with Crippen molar-refractivity contribution < 1.29 is 19.0 Å². The summed E-state index contributed by atoms with van der Waals surface area (Å²) in [5.41, 5.74) is 0. The monoisotopic (exact) mass is 260 g/mol. The Labute approximate surface area is 109 Å². The molecule has 1 rings (SSSR count). The van der Waals surface area contributed by atoms with E-state index in [2.05, 4.69) is 0 Å². The minimum absolute atomic E-state index is 0.0838. The van der Waals surface area contributed by atoms with Gasteiger partial charge >= 0.3 is 6.03 Å². The first-order chi connectivity index (χ1) is 8.79. The Morgan fingerprint density at radius 1 is 1.00 bits per heavy atom. The van der Waals surface area contributed by atoms with Crippen LogP contribution in [0.5, 0.6) is 0 Å². The van der Waals surface area contributed by atoms with Crippen molar-refractivity contribution in [1.29, 1.82) is 0 Å². The zero-order valence-electron chi connectivity index (χ0n) is 11.4. The summed E-state index contributed by atoms with van der Waals surface area (Å²) in [6.07, 6.45) is 0. The standard InChI is InChI=1S/C12H24N2O4/c1-3-17-10-11-18-9-7-14-5-4-13(12(14)15)6-8-16-2/h3-11H2,1-2H3. The third-order valence-corrected chi connectivity index (χ3v) is 2.83. The van der Waals surface area contributed by atoms with Gasteiger partial charge in [-0.15, -0.1) is 0 Å². The number of carbonyl (C=O) groups excluding carboxylic acids is 1. The molecule has 1 aliphatic heterocycles. The van der Waals surface area contributed by atoms with E-state index in [-0.39, 0.29) is 6.03 Å². The second kappa shape index (κ2) is 9.13. The highest BCUT2D eigenvalue weighted by atomic mass is 16.5. The molecule has 0 aromatic rings. The maximum absolute atomic E-state index is 11.9. The molecule has 18 heavy (non-hydrogen) atoms. The maximum atomic E-state index is 11.9. The van der Waals surface area contributed by atoms with Gasteiger partial charge in [-0.2, -0.15) is 0 Å². The lowest BCUT2D eigenvalue weighted by Crippen LogP contribution is -2.35. The Bertz CT molecular complexity index is 238. The van der Waals surface area contributed by atoms with Crippen molar-refractivity contribution in [1.82, 2.24) is 9.80 Å². The van der Waals surface area contributed by atoms with Gasteiger partial charge in [0, 0.05) is 39.9 Å². The summed E-state index contributed by atoms with van der Waals surface area (Å²) in [5, 5.41) is 0. The van der Waals surface area contributed by atoms with Crippen LogP contribution in [0.3, 0.4) is 0 Å². The van der Waals surface area contributed by atoms with Crippen molar-refractivity contribution in [2.75, 3.05) is 66.3 Å². The van der Waals surface area contributed by atoms with Crippen molar-refractivity contribution in [2.45, 2.75) is 6.92 Å². The molecule has 0 bridgehead atoms. The van der Waals surface area contributed by atoms with Crippen molar-refractivity contribution in [3.63, 3.8) is 0 Å². The summed E-state index contributed by atoms with van der Waals surface area (Å²) < 4.78 is 15.5. The van der Waals surface area contributed by atoms with Gasteiger partial charge < -0.3 is 24.0 Å². The number of nitrogens with zero attached hydrogens (tertiary/aromatic N) is 2. The molecule has 0 radical (unpaired) electrons. The molecule has 0 spiro atoms. The number of hydrogen-bond acceptors (Lipinski definition) is 4. The zero-order valence-corrected chi connectivity index (χ0v) is 11.4. The van der Waals surface area contributed by atoms with Gasteiger partial charge in [0.25, 0.3) is 0 Å². The van der Waals surface area contributed by atoms with Crippen LogP contribution < -0.4 is 0 Å². The van der Waals surface area contributed by atoms with Crippen LogP contribution >= 0.6 is 0 Å². The summed E-state index contributed by atoms with van der Waals surface area (Å²) in [6, 6.07) is 0.0838. The Morgan fingerprint density at radius 2 is 1.61 bits per heavy atom. The van der Waals surface area contributed by atoms with Crippen LogP contribution in [-0.4, -0.2) is 82.2 Å². The van der Waals surface area contributed by atoms with E-state index in [1.54, 1.807) is 7.11 Å². The van der Waals surface area contributed by atoms with Gasteiger partial charge in [-0.3, -0.25) is 0 Å². The molecule has 1 aliphatic rings. The van der Waals surface area contributed by atoms with E-state index in [9.17, 15) is 4.79 Å². The van der Waals surface area contributed by atoms with Crippen LogP contribution in [0.4, 0.5) is 4.79 Å². The van der Waals surface area contributed by atoms with Gasteiger partial charge in [-0.25, -0.2) is 4.79 Å². The summed E-state index contributed by atoms with van der Waals surface area (Å²) in [6.45, 7) is 7.89. The fourth-order valence-electron chi connectivity index (χ4n) is 1.79. The number of ether oxygens (including phenoxy) is 3. The number of amides is 2. The largest absolute Gasteiger partial charge is 0.383 e. The molecule has 6 nitrogen and oxygen atoms in total. The SMILES string of the molecule is CCOCCOCCN1CCN(CCOC)C1=O. The number of rotatable bonds is 10. The molecule has 1 heterocycles. The van der Waals surface area contributed by atoms with Gasteiger partial charge in [0.2, 0.25) is 0 Å². The lowest BCUT2D eigenvalue weighted by atomic mass is 10.5. The predicted octanol–water partition coefficient (Wildman–Crippen LogP) is 0.424. The number of hydrogen-bond donors (Lipinski definition) is 0. The summed E-state index contributed by atoms with van der Waals surface area (Å²) in [5.74, 6) is 0. The highest BCUT2D eigenvalue weighted by Gasteiger charge is 2.27. The minimum Gasteiger partial charge on any atom is -0.383 e. The Kier molecular flexibility index (Phi) is 7.71. The van der Waals surface area contributed by atoms with Crippen molar-refractivity contribution in [2.24, 2.45) is 0 Å². The molecule has 0 N–H and O–H groups in total. The third kappa shape index (κ3) is 5.20. The molecule has 0 aromatic heterocycles. The van der Waals surface area contributed by atoms with E-state index in [1.165, 1.54) is 0 Å². The van der Waals surface area contributed by atoms with Gasteiger partial charge in [-0.05, 0) is 6.92 Å². The van der Waals surface area contributed by atoms with Crippen LogP contribution in [-0.2, 0) is 14.2 Å². The minimum atomic E-state index is 0.0838. The normalized spacial score (nSPS) is 15.8. The van der Waals surface area contributed by atoms with E-state index in [0.717, 1.165) is 13.1 Å². The van der Waals surface area contributed by atoms with Crippen LogP contribution in [0.1, 0.15) is 6.92 Å². The number of methoxy groups -OCH3 is 1. The van der Waals surface area contributed by atoms with Crippen LogP contribution in [0.25, 0.3) is 0 Å². The molecule has 0 saturated carbocycles. The molecule has 0 aromatic carbocycles. The Balaban J connectivity index is 2.07. The van der Waals surface area contributed by atoms with E-state index in [1.807, 2.05) is 16.7 Å². The molecule has 106 valence electrons. The highest BCUT2D eigenvalue weighted by molar-refractivity contribution is 5.76. The molecule has 0 aliphatic carbocycles. The second-order valence-electron chi connectivity index (χ2n) is 4.06. The molecular formula is C12H24N2O4. The van der Waals surface area contributed by atoms with Crippen LogP contribution in [0, 0.1) is 0 Å². The first-order valence-corrected chi connectivity index (χ1v) is 6.47. The van der Waals surface area contributed by atoms with Crippen molar-refractivity contribution in [3.05, 3.63) is 0 Å². The van der Waals surface area contributed by atoms with Gasteiger partial charge in [-0.1, -0.05) is 0 Å². The Hall–Kier alpha value is -0.850. The van der Waals surface area contributed by atoms with Crippen LogP contribution in [0.15, 0.2) is 0 Å². The average molecular weight is 260 g/mol. The summed E-state index contributed by atoms with van der Waals surface area (Å²) >= 11 is 0.